The minimum absolute atomic E-state index is 0.0428. The van der Waals surface area contributed by atoms with Gasteiger partial charge in [-0.2, -0.15) is 0 Å². The second-order valence-electron chi connectivity index (χ2n) is 3.47. The van der Waals surface area contributed by atoms with Gasteiger partial charge in [0, 0.05) is 0 Å². The lowest BCUT2D eigenvalue weighted by Gasteiger charge is -2.19. The van der Waals surface area contributed by atoms with E-state index < -0.39 is 12.1 Å². The molecule has 1 atom stereocenters. The molecular weight excluding hydrogens is 172 g/mol. The Bertz CT molecular complexity index is 211. The van der Waals surface area contributed by atoms with Crippen LogP contribution in [0.3, 0.4) is 0 Å². The minimum atomic E-state index is -0.646. The molecule has 1 rings (SSSR count). The van der Waals surface area contributed by atoms with Gasteiger partial charge in [-0.3, -0.25) is 9.69 Å². The van der Waals surface area contributed by atoms with Gasteiger partial charge in [0.25, 0.3) is 0 Å². The van der Waals surface area contributed by atoms with E-state index in [1.165, 1.54) is 0 Å². The topological polar surface area (TPSA) is 69.6 Å². The number of aliphatic hydroxyl groups excluding tert-OH is 1. The summed E-state index contributed by atoms with van der Waals surface area (Å²) in [4.78, 5) is 23.1. The van der Waals surface area contributed by atoms with Crippen LogP contribution in [-0.2, 0) is 4.79 Å². The molecule has 0 aliphatic carbocycles. The fourth-order valence-corrected chi connectivity index (χ4v) is 1.04. The Balaban J connectivity index is 2.52. The van der Waals surface area contributed by atoms with Crippen molar-refractivity contribution in [3.8, 4) is 0 Å². The van der Waals surface area contributed by atoms with Gasteiger partial charge in [-0.05, 0) is 5.92 Å². The van der Waals surface area contributed by atoms with E-state index >= 15 is 0 Å². The molecule has 0 aromatic carbocycles. The number of nitrogens with one attached hydrogen (secondary N) is 1. The molecule has 5 nitrogen and oxygen atoms in total. The van der Waals surface area contributed by atoms with E-state index in [0.29, 0.717) is 0 Å². The zero-order valence-electron chi connectivity index (χ0n) is 7.78. The fourth-order valence-electron chi connectivity index (χ4n) is 1.04. The van der Waals surface area contributed by atoms with Gasteiger partial charge in [-0.1, -0.05) is 13.8 Å². The molecule has 1 heterocycles. The number of amides is 3. The molecule has 0 radical (unpaired) electrons. The van der Waals surface area contributed by atoms with Crippen LogP contribution in [0.15, 0.2) is 0 Å². The second-order valence-corrected chi connectivity index (χ2v) is 3.47. The third-order valence-electron chi connectivity index (χ3n) is 2.08. The van der Waals surface area contributed by atoms with Crippen LogP contribution in [0.1, 0.15) is 13.8 Å². The number of nitrogens with zero attached hydrogens (tertiary/aromatic N) is 1. The summed E-state index contributed by atoms with van der Waals surface area (Å²) in [5.41, 5.74) is 0. The first kappa shape index (κ1) is 9.98. The number of imide groups is 1. The van der Waals surface area contributed by atoms with Crippen molar-refractivity contribution >= 4 is 11.9 Å². The number of carbonyl (C=O) groups excluding carboxylic acids is 2. The quantitative estimate of drug-likeness (QED) is 0.587. The van der Waals surface area contributed by atoms with Gasteiger partial charge in [0.05, 0.1) is 19.2 Å². The third kappa shape index (κ3) is 2.18. The Hall–Kier alpha value is -1.10. The predicted octanol–water partition coefficient (Wildman–Crippen LogP) is -0.445. The van der Waals surface area contributed by atoms with E-state index in [1.807, 2.05) is 13.8 Å². The Morgan fingerprint density at radius 1 is 1.54 bits per heavy atom. The minimum Gasteiger partial charge on any atom is -0.391 e. The highest BCUT2D eigenvalue weighted by molar-refractivity contribution is 6.01. The van der Waals surface area contributed by atoms with Crippen molar-refractivity contribution in [2.45, 2.75) is 20.0 Å². The van der Waals surface area contributed by atoms with Gasteiger partial charge < -0.3 is 10.4 Å². The van der Waals surface area contributed by atoms with Crippen molar-refractivity contribution in [2.24, 2.45) is 5.92 Å². The molecule has 1 aliphatic rings. The van der Waals surface area contributed by atoms with Gasteiger partial charge in [0.1, 0.15) is 0 Å². The van der Waals surface area contributed by atoms with Crippen molar-refractivity contribution in [3.05, 3.63) is 0 Å². The average molecular weight is 186 g/mol. The number of carbonyl (C=O) groups is 2. The van der Waals surface area contributed by atoms with Crippen molar-refractivity contribution in [1.82, 2.24) is 10.2 Å². The van der Waals surface area contributed by atoms with Gasteiger partial charge >= 0.3 is 6.03 Å². The maximum absolute atomic E-state index is 11.1. The van der Waals surface area contributed by atoms with Crippen LogP contribution < -0.4 is 5.32 Å². The number of urea groups is 1. The van der Waals surface area contributed by atoms with Crippen molar-refractivity contribution in [3.63, 3.8) is 0 Å². The SMILES string of the molecule is CC(C)C(O)CN1C(=O)CNC1=O. The summed E-state index contributed by atoms with van der Waals surface area (Å²) in [6, 6.07) is -0.412. The van der Waals surface area contributed by atoms with E-state index in [-0.39, 0.29) is 24.9 Å². The fraction of sp³-hybridized carbons (Fsp3) is 0.750. The summed E-state index contributed by atoms with van der Waals surface area (Å²) in [7, 11) is 0. The van der Waals surface area contributed by atoms with E-state index in [2.05, 4.69) is 5.32 Å². The highest BCUT2D eigenvalue weighted by Gasteiger charge is 2.30. The first-order chi connectivity index (χ1) is 6.02. The van der Waals surface area contributed by atoms with Gasteiger partial charge in [-0.15, -0.1) is 0 Å². The van der Waals surface area contributed by atoms with Crippen LogP contribution >= 0.6 is 0 Å². The Morgan fingerprint density at radius 3 is 2.54 bits per heavy atom. The lowest BCUT2D eigenvalue weighted by molar-refractivity contribution is -0.126. The smallest absolute Gasteiger partial charge is 0.324 e. The molecule has 5 heteroatoms. The number of aliphatic hydroxyl groups is 1. The lowest BCUT2D eigenvalue weighted by Crippen LogP contribution is -2.39. The van der Waals surface area contributed by atoms with Crippen molar-refractivity contribution in [1.29, 1.82) is 0 Å². The largest absolute Gasteiger partial charge is 0.391 e. The zero-order valence-corrected chi connectivity index (χ0v) is 7.78. The van der Waals surface area contributed by atoms with E-state index in [9.17, 15) is 14.7 Å². The number of hydrogen-bond acceptors (Lipinski definition) is 3. The Morgan fingerprint density at radius 2 is 2.15 bits per heavy atom. The molecule has 0 saturated carbocycles. The molecular formula is C8H14N2O3. The second kappa shape index (κ2) is 3.74. The first-order valence-corrected chi connectivity index (χ1v) is 4.28. The molecule has 1 saturated heterocycles. The highest BCUT2D eigenvalue weighted by atomic mass is 16.3. The summed E-state index contributed by atoms with van der Waals surface area (Å²) >= 11 is 0. The average Bonchev–Trinajstić information content (AvgIpc) is 2.35. The lowest BCUT2D eigenvalue weighted by atomic mass is 10.1. The Labute approximate surface area is 76.7 Å². The van der Waals surface area contributed by atoms with E-state index in [4.69, 9.17) is 0 Å². The van der Waals surface area contributed by atoms with Crippen molar-refractivity contribution in [2.75, 3.05) is 13.1 Å². The number of hydrogen-bond donors (Lipinski definition) is 2. The molecule has 0 aromatic rings. The molecule has 1 unspecified atom stereocenters. The highest BCUT2D eigenvalue weighted by Crippen LogP contribution is 2.06. The van der Waals surface area contributed by atoms with E-state index in [1.54, 1.807) is 0 Å². The standard InChI is InChI=1S/C8H14N2O3/c1-5(2)6(11)4-10-7(12)3-9-8(10)13/h5-6,11H,3-4H2,1-2H3,(H,9,13). The van der Waals surface area contributed by atoms with E-state index in [0.717, 1.165) is 4.90 Å². The van der Waals surface area contributed by atoms with Gasteiger partial charge in [-0.25, -0.2) is 4.79 Å². The van der Waals surface area contributed by atoms with Crippen LogP contribution in [0.4, 0.5) is 4.79 Å². The molecule has 1 fully saturated rings. The molecule has 0 spiro atoms. The number of β-amino-alcohol motifs (C(OH)–C–C–N with tert-alkyl or cyclic N) is 1. The maximum atomic E-state index is 11.1. The normalized spacial score (nSPS) is 19.5. The molecule has 3 amide bonds. The molecule has 13 heavy (non-hydrogen) atoms. The molecule has 0 aromatic heterocycles. The summed E-state index contributed by atoms with van der Waals surface area (Å²) in [5, 5.41) is 11.8. The molecule has 1 aliphatic heterocycles. The zero-order chi connectivity index (χ0) is 10.0. The van der Waals surface area contributed by atoms with Gasteiger partial charge in [0.15, 0.2) is 0 Å². The van der Waals surface area contributed by atoms with Gasteiger partial charge in [0.2, 0.25) is 5.91 Å². The monoisotopic (exact) mass is 186 g/mol. The first-order valence-electron chi connectivity index (χ1n) is 4.28. The summed E-state index contributed by atoms with van der Waals surface area (Å²) in [6.07, 6.45) is -0.646. The molecule has 74 valence electrons. The van der Waals surface area contributed by atoms with Crippen LogP contribution in [0.2, 0.25) is 0 Å². The van der Waals surface area contributed by atoms with Crippen molar-refractivity contribution < 1.29 is 14.7 Å². The molecule has 2 N–H and O–H groups in total. The predicted molar refractivity (Wildman–Crippen MR) is 46.0 cm³/mol. The Kier molecular flexibility index (Phi) is 2.87. The summed E-state index contributed by atoms with van der Waals surface area (Å²) in [6.45, 7) is 3.80. The number of rotatable bonds is 3. The van der Waals surface area contributed by atoms with Crippen LogP contribution in [-0.4, -0.2) is 41.1 Å². The third-order valence-corrected chi connectivity index (χ3v) is 2.08. The van der Waals surface area contributed by atoms with Crippen LogP contribution in [0.5, 0.6) is 0 Å². The maximum Gasteiger partial charge on any atom is 0.324 e. The summed E-state index contributed by atoms with van der Waals surface area (Å²) in [5.74, 6) is -0.231. The van der Waals surface area contributed by atoms with Crippen LogP contribution in [0.25, 0.3) is 0 Å². The van der Waals surface area contributed by atoms with Crippen LogP contribution in [0, 0.1) is 5.92 Å². The summed E-state index contributed by atoms with van der Waals surface area (Å²) < 4.78 is 0. The molecule has 0 bridgehead atoms.